The number of amides is 1. The fourth-order valence-corrected chi connectivity index (χ4v) is 7.48. The molecule has 3 aromatic rings. The minimum Gasteiger partial charge on any atom is -0.339 e. The summed E-state index contributed by atoms with van der Waals surface area (Å²) in [6, 6.07) is 9.23. The molecule has 1 aliphatic carbocycles. The van der Waals surface area contributed by atoms with E-state index in [2.05, 4.69) is 15.5 Å². The third kappa shape index (κ3) is 4.54. The summed E-state index contributed by atoms with van der Waals surface area (Å²) in [5.41, 5.74) is 1.78. The molecular weight excluding hydrogens is 472 g/mol. The summed E-state index contributed by atoms with van der Waals surface area (Å²) in [6.45, 7) is 4.32. The predicted molar refractivity (Wildman–Crippen MR) is 130 cm³/mol. The highest BCUT2D eigenvalue weighted by atomic mass is 32.2. The van der Waals surface area contributed by atoms with E-state index in [0.717, 1.165) is 24.1 Å². The number of rotatable bonds is 6. The Balaban J connectivity index is 1.32. The second kappa shape index (κ2) is 9.24. The van der Waals surface area contributed by atoms with Crippen LogP contribution in [-0.2, 0) is 14.8 Å². The van der Waals surface area contributed by atoms with Gasteiger partial charge in [-0.05, 0) is 63.3 Å². The van der Waals surface area contributed by atoms with Gasteiger partial charge in [-0.1, -0.05) is 23.7 Å². The molecule has 10 heteroatoms. The van der Waals surface area contributed by atoms with Crippen molar-refractivity contribution in [2.75, 3.05) is 18.4 Å². The second-order valence-electron chi connectivity index (χ2n) is 9.18. The molecule has 2 fully saturated rings. The zero-order valence-electron chi connectivity index (χ0n) is 19.3. The topological polar surface area (TPSA) is 105 Å². The van der Waals surface area contributed by atoms with Gasteiger partial charge in [0, 0.05) is 29.6 Å². The van der Waals surface area contributed by atoms with Gasteiger partial charge in [-0.15, -0.1) is 11.3 Å². The summed E-state index contributed by atoms with van der Waals surface area (Å²) in [5.74, 6) is 0.843. The Kier molecular flexibility index (Phi) is 6.30. The molecule has 1 aromatic carbocycles. The van der Waals surface area contributed by atoms with Crippen molar-refractivity contribution in [3.05, 3.63) is 46.7 Å². The normalized spacial score (nSPS) is 19.6. The number of hydrogen-bond acceptors (Lipinski definition) is 7. The lowest BCUT2D eigenvalue weighted by Gasteiger charge is -2.31. The van der Waals surface area contributed by atoms with Crippen LogP contribution in [0.2, 0.25) is 0 Å². The molecule has 1 amide bonds. The molecule has 1 saturated heterocycles. The zero-order valence-corrected chi connectivity index (χ0v) is 20.9. The van der Waals surface area contributed by atoms with Gasteiger partial charge in [0.1, 0.15) is 0 Å². The highest BCUT2D eigenvalue weighted by Gasteiger charge is 2.35. The molecule has 8 nitrogen and oxygen atoms in total. The first-order chi connectivity index (χ1) is 16.3. The minimum atomic E-state index is -3.75. The SMILES string of the molecule is Cc1cccc(NC(=O)[C@@H]2CCCN(S(=O)(=O)c3cc(-c4noc(C5CCC5)n4)sc3C)C2)c1. The van der Waals surface area contributed by atoms with Crippen LogP contribution in [0.4, 0.5) is 5.69 Å². The molecule has 5 rings (SSSR count). The van der Waals surface area contributed by atoms with Gasteiger partial charge in [0.2, 0.25) is 27.6 Å². The van der Waals surface area contributed by atoms with E-state index in [4.69, 9.17) is 4.52 Å². The average molecular weight is 501 g/mol. The number of aryl methyl sites for hydroxylation is 2. The Morgan fingerprint density at radius 3 is 2.74 bits per heavy atom. The van der Waals surface area contributed by atoms with Crippen molar-refractivity contribution < 1.29 is 17.7 Å². The molecule has 0 bridgehead atoms. The van der Waals surface area contributed by atoms with Crippen LogP contribution >= 0.6 is 11.3 Å². The summed E-state index contributed by atoms with van der Waals surface area (Å²) in [7, 11) is -3.75. The largest absolute Gasteiger partial charge is 0.339 e. The Morgan fingerprint density at radius 2 is 2.00 bits per heavy atom. The van der Waals surface area contributed by atoms with Gasteiger partial charge >= 0.3 is 0 Å². The molecule has 0 spiro atoms. The van der Waals surface area contributed by atoms with Gasteiger partial charge in [-0.3, -0.25) is 4.79 Å². The predicted octanol–water partition coefficient (Wildman–Crippen LogP) is 4.72. The number of piperidine rings is 1. The van der Waals surface area contributed by atoms with Crippen LogP contribution in [0.15, 0.2) is 39.8 Å². The van der Waals surface area contributed by atoms with Gasteiger partial charge in [-0.25, -0.2) is 8.42 Å². The lowest BCUT2D eigenvalue weighted by atomic mass is 9.85. The standard InChI is InChI=1S/C24H28N4O4S2/c1-15-6-3-10-19(12-15)25-23(29)18-9-5-11-28(14-18)34(30,31)21-13-20(33-16(21)2)22-26-24(32-27-22)17-7-4-8-17/h3,6,10,12-13,17-18H,4-5,7-9,11,14H2,1-2H3,(H,25,29)/t18-/m1/s1. The van der Waals surface area contributed by atoms with Gasteiger partial charge < -0.3 is 9.84 Å². The maximum Gasteiger partial charge on any atom is 0.244 e. The summed E-state index contributed by atoms with van der Waals surface area (Å²) < 4.78 is 33.9. The zero-order chi connectivity index (χ0) is 23.9. The fraction of sp³-hybridized carbons (Fsp3) is 0.458. The second-order valence-corrected chi connectivity index (χ2v) is 12.3. The highest BCUT2D eigenvalue weighted by Crippen LogP contribution is 2.38. The van der Waals surface area contributed by atoms with E-state index >= 15 is 0 Å². The van der Waals surface area contributed by atoms with E-state index in [1.807, 2.05) is 31.2 Å². The van der Waals surface area contributed by atoms with E-state index in [-0.39, 0.29) is 17.3 Å². The molecule has 0 unspecified atom stereocenters. The van der Waals surface area contributed by atoms with Crippen LogP contribution in [0.25, 0.3) is 10.7 Å². The smallest absolute Gasteiger partial charge is 0.244 e. The average Bonchev–Trinajstić information content (AvgIpc) is 3.40. The number of nitrogens with one attached hydrogen (secondary N) is 1. The van der Waals surface area contributed by atoms with Gasteiger partial charge in [0.05, 0.1) is 15.7 Å². The Morgan fingerprint density at radius 1 is 1.18 bits per heavy atom. The van der Waals surface area contributed by atoms with Crippen molar-refractivity contribution in [1.29, 1.82) is 0 Å². The molecule has 0 radical (unpaired) electrons. The van der Waals surface area contributed by atoms with E-state index in [9.17, 15) is 13.2 Å². The summed E-state index contributed by atoms with van der Waals surface area (Å²) in [4.78, 5) is 19.0. The molecule has 1 aliphatic heterocycles. The van der Waals surface area contributed by atoms with Gasteiger partial charge in [-0.2, -0.15) is 9.29 Å². The maximum absolute atomic E-state index is 13.5. The van der Waals surface area contributed by atoms with E-state index in [1.54, 1.807) is 13.0 Å². The number of carbonyl (C=O) groups is 1. The molecule has 1 saturated carbocycles. The first-order valence-corrected chi connectivity index (χ1v) is 13.9. The summed E-state index contributed by atoms with van der Waals surface area (Å²) >= 11 is 1.35. The number of anilines is 1. The van der Waals surface area contributed by atoms with Gasteiger partial charge in [0.15, 0.2) is 0 Å². The van der Waals surface area contributed by atoms with Crippen LogP contribution in [0.1, 0.15) is 54.4 Å². The van der Waals surface area contributed by atoms with Crippen LogP contribution in [0.3, 0.4) is 0 Å². The van der Waals surface area contributed by atoms with Crippen molar-refractivity contribution in [2.24, 2.45) is 5.92 Å². The van der Waals surface area contributed by atoms with Crippen LogP contribution < -0.4 is 5.32 Å². The first-order valence-electron chi connectivity index (χ1n) is 11.6. The lowest BCUT2D eigenvalue weighted by molar-refractivity contribution is -0.120. The number of thiophene rings is 1. The van der Waals surface area contributed by atoms with Crippen molar-refractivity contribution >= 4 is 33.0 Å². The number of aromatic nitrogens is 2. The first kappa shape index (κ1) is 23.2. The molecular formula is C24H28N4O4S2. The quantitative estimate of drug-likeness (QED) is 0.525. The Hall–Kier alpha value is -2.56. The molecule has 1 atom stereocenters. The Labute approximate surface area is 203 Å². The molecule has 3 heterocycles. The lowest BCUT2D eigenvalue weighted by Crippen LogP contribution is -2.43. The fourth-order valence-electron chi connectivity index (χ4n) is 4.47. The van der Waals surface area contributed by atoms with Crippen molar-refractivity contribution in [1.82, 2.24) is 14.4 Å². The van der Waals surface area contributed by atoms with E-state index in [1.165, 1.54) is 22.1 Å². The van der Waals surface area contributed by atoms with Crippen LogP contribution in [0.5, 0.6) is 0 Å². The van der Waals surface area contributed by atoms with Crippen molar-refractivity contribution in [3.8, 4) is 10.7 Å². The van der Waals surface area contributed by atoms with E-state index in [0.29, 0.717) is 46.8 Å². The van der Waals surface area contributed by atoms with Crippen LogP contribution in [-0.4, -0.2) is 41.9 Å². The third-order valence-electron chi connectivity index (χ3n) is 6.65. The minimum absolute atomic E-state index is 0.149. The Bertz CT molecular complexity index is 1310. The molecule has 1 N–H and O–H groups in total. The number of carbonyl (C=O) groups excluding carboxylic acids is 1. The van der Waals surface area contributed by atoms with Crippen molar-refractivity contribution in [2.45, 2.75) is 56.8 Å². The summed E-state index contributed by atoms with van der Waals surface area (Å²) in [5, 5.41) is 7.02. The number of hydrogen-bond donors (Lipinski definition) is 1. The van der Waals surface area contributed by atoms with Crippen molar-refractivity contribution in [3.63, 3.8) is 0 Å². The van der Waals surface area contributed by atoms with Crippen LogP contribution in [0, 0.1) is 19.8 Å². The third-order valence-corrected chi connectivity index (χ3v) is 9.81. The number of sulfonamides is 1. The number of nitrogens with zero attached hydrogens (tertiary/aromatic N) is 3. The monoisotopic (exact) mass is 500 g/mol. The maximum atomic E-state index is 13.5. The highest BCUT2D eigenvalue weighted by molar-refractivity contribution is 7.89. The molecule has 34 heavy (non-hydrogen) atoms. The molecule has 2 aromatic heterocycles. The molecule has 2 aliphatic rings. The summed E-state index contributed by atoms with van der Waals surface area (Å²) in [6.07, 6.45) is 4.57. The molecule has 180 valence electrons. The van der Waals surface area contributed by atoms with Gasteiger partial charge in [0.25, 0.3) is 0 Å². The number of benzene rings is 1. The van der Waals surface area contributed by atoms with E-state index < -0.39 is 15.9 Å².